The lowest BCUT2D eigenvalue weighted by atomic mass is 9.90. The summed E-state index contributed by atoms with van der Waals surface area (Å²) in [6, 6.07) is 10.5. The van der Waals surface area contributed by atoms with Gasteiger partial charge in [-0.2, -0.15) is 5.10 Å². The number of nitrogens with zero attached hydrogens (tertiary/aromatic N) is 3. The molecule has 1 aromatic heterocycles. The molecule has 134 valence electrons. The van der Waals surface area contributed by atoms with Crippen LogP contribution in [0.2, 0.25) is 0 Å². The number of rotatable bonds is 6. The Morgan fingerprint density at radius 3 is 2.84 bits per heavy atom. The van der Waals surface area contributed by atoms with Gasteiger partial charge in [-0.3, -0.25) is 9.48 Å². The minimum absolute atomic E-state index is 0.131. The first-order valence-electron chi connectivity index (χ1n) is 8.79. The molecular weight excluding hydrogens is 316 g/mol. The fourth-order valence-electron chi connectivity index (χ4n) is 3.57. The maximum Gasteiger partial charge on any atom is 0.271 e. The molecule has 1 aromatic carbocycles. The van der Waals surface area contributed by atoms with Crippen LogP contribution in [0.15, 0.2) is 30.3 Å². The van der Waals surface area contributed by atoms with E-state index in [9.17, 15) is 9.90 Å². The van der Waals surface area contributed by atoms with Gasteiger partial charge in [0.15, 0.2) is 5.69 Å². The molecule has 6 nitrogen and oxygen atoms in total. The molecule has 1 unspecified atom stereocenters. The van der Waals surface area contributed by atoms with Gasteiger partial charge in [-0.05, 0) is 31.9 Å². The lowest BCUT2D eigenvalue weighted by Gasteiger charge is -2.31. The van der Waals surface area contributed by atoms with Crippen molar-refractivity contribution in [3.8, 4) is 0 Å². The second-order valence-electron chi connectivity index (χ2n) is 6.60. The Hall–Kier alpha value is -2.18. The highest BCUT2D eigenvalue weighted by Crippen LogP contribution is 2.27. The van der Waals surface area contributed by atoms with Crippen molar-refractivity contribution in [2.24, 2.45) is 0 Å². The molecule has 0 radical (unpaired) electrons. The molecule has 25 heavy (non-hydrogen) atoms. The van der Waals surface area contributed by atoms with Crippen molar-refractivity contribution in [2.75, 3.05) is 27.2 Å². The van der Waals surface area contributed by atoms with Crippen molar-refractivity contribution in [1.82, 2.24) is 20.0 Å². The topological polar surface area (TPSA) is 70.4 Å². The number of amides is 1. The Balaban J connectivity index is 1.91. The van der Waals surface area contributed by atoms with E-state index in [4.69, 9.17) is 0 Å². The van der Waals surface area contributed by atoms with Gasteiger partial charge in [-0.1, -0.05) is 30.3 Å². The van der Waals surface area contributed by atoms with Crippen LogP contribution >= 0.6 is 0 Å². The first kappa shape index (κ1) is 17.6. The van der Waals surface area contributed by atoms with E-state index >= 15 is 0 Å². The summed E-state index contributed by atoms with van der Waals surface area (Å²) in [5.74, 6) is -0.131. The van der Waals surface area contributed by atoms with E-state index in [1.807, 2.05) is 29.9 Å². The van der Waals surface area contributed by atoms with Crippen LogP contribution in [-0.2, 0) is 19.4 Å². The smallest absolute Gasteiger partial charge is 0.271 e. The average Bonchev–Trinajstić information content (AvgIpc) is 3.00. The fourth-order valence-corrected chi connectivity index (χ4v) is 3.57. The van der Waals surface area contributed by atoms with Crippen molar-refractivity contribution in [3.63, 3.8) is 0 Å². The van der Waals surface area contributed by atoms with Crippen molar-refractivity contribution < 1.29 is 9.90 Å². The number of aliphatic hydroxyl groups excluding tert-OH is 1. The molecule has 0 saturated heterocycles. The molecule has 0 aliphatic heterocycles. The summed E-state index contributed by atoms with van der Waals surface area (Å²) in [4.78, 5) is 14.5. The fraction of sp³-hybridized carbons (Fsp3) is 0.474. The quantitative estimate of drug-likeness (QED) is 0.824. The zero-order valence-corrected chi connectivity index (χ0v) is 14.9. The largest absolute Gasteiger partial charge is 0.395 e. The second kappa shape index (κ2) is 7.80. The summed E-state index contributed by atoms with van der Waals surface area (Å²) in [5, 5.41) is 16.5. The van der Waals surface area contributed by atoms with Gasteiger partial charge in [-0.15, -0.1) is 0 Å². The molecule has 0 fully saturated rings. The van der Waals surface area contributed by atoms with Gasteiger partial charge in [0.1, 0.15) is 0 Å². The van der Waals surface area contributed by atoms with Gasteiger partial charge in [0, 0.05) is 30.9 Å². The van der Waals surface area contributed by atoms with Gasteiger partial charge in [0.05, 0.1) is 13.2 Å². The molecule has 6 heteroatoms. The van der Waals surface area contributed by atoms with E-state index in [1.54, 1.807) is 7.05 Å². The molecule has 1 atom stereocenters. The lowest BCUT2D eigenvalue weighted by Crippen LogP contribution is -2.38. The van der Waals surface area contributed by atoms with E-state index in [-0.39, 0.29) is 12.5 Å². The molecule has 1 aliphatic rings. The maximum atomic E-state index is 12.3. The van der Waals surface area contributed by atoms with E-state index in [1.165, 1.54) is 5.56 Å². The van der Waals surface area contributed by atoms with Crippen LogP contribution in [0.5, 0.6) is 0 Å². The molecule has 2 aromatic rings. The molecule has 3 rings (SSSR count). The molecule has 1 aliphatic carbocycles. The van der Waals surface area contributed by atoms with E-state index < -0.39 is 0 Å². The predicted octanol–water partition coefficient (Wildman–Crippen LogP) is 1.07. The van der Waals surface area contributed by atoms with Crippen molar-refractivity contribution in [3.05, 3.63) is 52.8 Å². The summed E-state index contributed by atoms with van der Waals surface area (Å²) in [7, 11) is 3.67. The highest BCUT2D eigenvalue weighted by atomic mass is 16.3. The number of aromatic nitrogens is 2. The van der Waals surface area contributed by atoms with Crippen molar-refractivity contribution in [2.45, 2.75) is 31.8 Å². The molecule has 0 saturated carbocycles. The average molecular weight is 342 g/mol. The number of benzene rings is 1. The third kappa shape index (κ3) is 3.75. The van der Waals surface area contributed by atoms with E-state index in [2.05, 4.69) is 27.4 Å². The van der Waals surface area contributed by atoms with Crippen LogP contribution in [0.25, 0.3) is 0 Å². The van der Waals surface area contributed by atoms with E-state index in [0.717, 1.165) is 30.5 Å². The first-order valence-corrected chi connectivity index (χ1v) is 8.79. The van der Waals surface area contributed by atoms with Crippen molar-refractivity contribution in [1.29, 1.82) is 0 Å². The number of hydrogen-bond acceptors (Lipinski definition) is 4. The zero-order chi connectivity index (χ0) is 17.8. The van der Waals surface area contributed by atoms with Crippen LogP contribution in [-0.4, -0.2) is 59.0 Å². The Labute approximate surface area is 148 Å². The Morgan fingerprint density at radius 2 is 2.16 bits per heavy atom. The van der Waals surface area contributed by atoms with Gasteiger partial charge in [0.2, 0.25) is 0 Å². The minimum Gasteiger partial charge on any atom is -0.395 e. The van der Waals surface area contributed by atoms with Crippen LogP contribution in [0.1, 0.15) is 33.7 Å². The molecule has 2 N–H and O–H groups in total. The lowest BCUT2D eigenvalue weighted by molar-refractivity contribution is 0.0955. The maximum absolute atomic E-state index is 12.3. The summed E-state index contributed by atoms with van der Waals surface area (Å²) in [6.45, 7) is 1.47. The van der Waals surface area contributed by atoms with Gasteiger partial charge < -0.3 is 15.3 Å². The molecule has 1 heterocycles. The highest BCUT2D eigenvalue weighted by molar-refractivity contribution is 5.93. The number of aliphatic hydroxyl groups is 1. The first-order chi connectivity index (χ1) is 12.1. The molecule has 0 bridgehead atoms. The number of hydrogen-bond donors (Lipinski definition) is 2. The van der Waals surface area contributed by atoms with Gasteiger partial charge >= 0.3 is 0 Å². The predicted molar refractivity (Wildman–Crippen MR) is 96.7 cm³/mol. The number of carbonyl (C=O) groups excluding carboxylic acids is 1. The normalized spacial score (nSPS) is 16.7. The minimum atomic E-state index is -0.131. The van der Waals surface area contributed by atoms with Crippen LogP contribution < -0.4 is 5.32 Å². The Bertz CT molecular complexity index is 727. The van der Waals surface area contributed by atoms with E-state index in [0.29, 0.717) is 24.8 Å². The molecular formula is C19H26N4O2. The second-order valence-corrected chi connectivity index (χ2v) is 6.60. The highest BCUT2D eigenvalue weighted by Gasteiger charge is 2.30. The number of likely N-dealkylation sites (N-methyl/N-ethyl adjacent to an activating group) is 1. The standard InChI is InChI=1S/C19H26N4O2/c1-20-19(25)18-16-12-15(22(2)10-11-24)8-9-17(16)23(21-18)13-14-6-4-3-5-7-14/h3-7,15,24H,8-13H2,1-2H3,(H,20,25). The van der Waals surface area contributed by atoms with Crippen LogP contribution in [0, 0.1) is 0 Å². The Kier molecular flexibility index (Phi) is 5.50. The third-order valence-electron chi connectivity index (χ3n) is 5.01. The van der Waals surface area contributed by atoms with Gasteiger partial charge in [-0.25, -0.2) is 0 Å². The number of nitrogens with one attached hydrogen (secondary N) is 1. The van der Waals surface area contributed by atoms with Gasteiger partial charge in [0.25, 0.3) is 5.91 Å². The summed E-state index contributed by atoms with van der Waals surface area (Å²) in [5.41, 5.74) is 3.93. The summed E-state index contributed by atoms with van der Waals surface area (Å²) < 4.78 is 1.98. The monoisotopic (exact) mass is 342 g/mol. The van der Waals surface area contributed by atoms with Crippen LogP contribution in [0.4, 0.5) is 0 Å². The van der Waals surface area contributed by atoms with Crippen LogP contribution in [0.3, 0.4) is 0 Å². The Morgan fingerprint density at radius 1 is 1.40 bits per heavy atom. The molecule has 1 amide bonds. The number of carbonyl (C=O) groups is 1. The SMILES string of the molecule is CNC(=O)c1nn(Cc2ccccc2)c2c1CC(N(C)CCO)CC2. The number of fused-ring (bicyclic) bond motifs is 1. The van der Waals surface area contributed by atoms with Crippen molar-refractivity contribution >= 4 is 5.91 Å². The summed E-state index contributed by atoms with van der Waals surface area (Å²) >= 11 is 0. The molecule has 0 spiro atoms. The third-order valence-corrected chi connectivity index (χ3v) is 5.01. The summed E-state index contributed by atoms with van der Waals surface area (Å²) in [6.07, 6.45) is 2.70. The zero-order valence-electron chi connectivity index (χ0n) is 14.9.